The van der Waals surface area contributed by atoms with Crippen LogP contribution in [0.1, 0.15) is 34.8 Å². The Morgan fingerprint density at radius 3 is 2.56 bits per heavy atom. The fourth-order valence-electron chi connectivity index (χ4n) is 2.73. The second-order valence-electron chi connectivity index (χ2n) is 6.05. The van der Waals surface area contributed by atoms with Crippen LogP contribution >= 0.6 is 0 Å². The van der Waals surface area contributed by atoms with Crippen molar-refractivity contribution in [1.29, 1.82) is 0 Å². The molecule has 2 aromatic carbocycles. The standard InChI is InChI=1S/C20H18F3N3O/c1-2-20(22,23)16-9-5-3-7-14(16)13-26-12-11-18(25-26)24-19(27)15-8-4-6-10-17(15)21/h3-12H,2,13H2,1H3,(H,24,25,27). The van der Waals surface area contributed by atoms with Gasteiger partial charge in [0, 0.05) is 24.2 Å². The Balaban J connectivity index is 1.76. The van der Waals surface area contributed by atoms with E-state index in [0.717, 1.165) is 0 Å². The van der Waals surface area contributed by atoms with Crippen molar-refractivity contribution in [1.82, 2.24) is 9.78 Å². The van der Waals surface area contributed by atoms with Crippen LogP contribution in [0, 0.1) is 5.82 Å². The van der Waals surface area contributed by atoms with E-state index in [2.05, 4.69) is 10.4 Å². The molecule has 0 fully saturated rings. The van der Waals surface area contributed by atoms with Crippen LogP contribution in [-0.4, -0.2) is 15.7 Å². The Labute approximate surface area is 154 Å². The number of amides is 1. The second kappa shape index (κ2) is 7.65. The number of halogens is 3. The predicted octanol–water partition coefficient (Wildman–Crippen LogP) is 4.82. The monoisotopic (exact) mass is 373 g/mol. The molecule has 0 unspecified atom stereocenters. The van der Waals surface area contributed by atoms with Gasteiger partial charge < -0.3 is 5.32 Å². The summed E-state index contributed by atoms with van der Waals surface area (Å²) in [5.41, 5.74) is 0.305. The van der Waals surface area contributed by atoms with Gasteiger partial charge in [0.25, 0.3) is 11.8 Å². The largest absolute Gasteiger partial charge is 0.305 e. The maximum Gasteiger partial charge on any atom is 0.273 e. The number of hydrogen-bond donors (Lipinski definition) is 1. The number of nitrogens with one attached hydrogen (secondary N) is 1. The third kappa shape index (κ3) is 4.19. The highest BCUT2D eigenvalue weighted by molar-refractivity contribution is 6.03. The van der Waals surface area contributed by atoms with Crippen LogP contribution in [0.5, 0.6) is 0 Å². The van der Waals surface area contributed by atoms with Gasteiger partial charge in [0.15, 0.2) is 5.82 Å². The molecule has 1 aromatic heterocycles. The molecule has 0 bridgehead atoms. The number of nitrogens with zero attached hydrogens (tertiary/aromatic N) is 2. The number of anilines is 1. The fraction of sp³-hybridized carbons (Fsp3) is 0.200. The van der Waals surface area contributed by atoms with Crippen LogP contribution in [0.3, 0.4) is 0 Å². The summed E-state index contributed by atoms with van der Waals surface area (Å²) >= 11 is 0. The first kappa shape index (κ1) is 18.7. The van der Waals surface area contributed by atoms with Crippen molar-refractivity contribution in [3.8, 4) is 0 Å². The van der Waals surface area contributed by atoms with Gasteiger partial charge in [-0.2, -0.15) is 5.10 Å². The second-order valence-corrected chi connectivity index (χ2v) is 6.05. The number of aromatic nitrogens is 2. The highest BCUT2D eigenvalue weighted by Gasteiger charge is 2.31. The zero-order valence-corrected chi connectivity index (χ0v) is 14.6. The van der Waals surface area contributed by atoms with Gasteiger partial charge in [-0.3, -0.25) is 9.48 Å². The third-order valence-corrected chi connectivity index (χ3v) is 4.19. The zero-order chi connectivity index (χ0) is 19.4. The first-order valence-corrected chi connectivity index (χ1v) is 8.46. The Morgan fingerprint density at radius 1 is 1.11 bits per heavy atom. The molecule has 0 aliphatic carbocycles. The summed E-state index contributed by atoms with van der Waals surface area (Å²) in [5.74, 6) is -3.98. The summed E-state index contributed by atoms with van der Waals surface area (Å²) < 4.78 is 43.4. The molecule has 0 atom stereocenters. The molecule has 0 aliphatic rings. The van der Waals surface area contributed by atoms with E-state index < -0.39 is 17.6 Å². The van der Waals surface area contributed by atoms with Gasteiger partial charge in [0.1, 0.15) is 5.82 Å². The molecular weight excluding hydrogens is 355 g/mol. The van der Waals surface area contributed by atoms with E-state index in [4.69, 9.17) is 0 Å². The highest BCUT2D eigenvalue weighted by Crippen LogP contribution is 2.33. The number of alkyl halides is 2. The van der Waals surface area contributed by atoms with Crippen molar-refractivity contribution in [3.05, 3.63) is 83.3 Å². The number of rotatable bonds is 6. The Kier molecular flexibility index (Phi) is 5.30. The van der Waals surface area contributed by atoms with Crippen molar-refractivity contribution >= 4 is 11.7 Å². The van der Waals surface area contributed by atoms with Crippen LogP contribution in [0.2, 0.25) is 0 Å². The minimum absolute atomic E-state index is 0.0417. The minimum Gasteiger partial charge on any atom is -0.305 e. The Hall–Kier alpha value is -3.09. The molecule has 140 valence electrons. The molecule has 3 rings (SSSR count). The molecule has 0 saturated heterocycles. The number of carbonyl (C=O) groups excluding carboxylic acids is 1. The van der Waals surface area contributed by atoms with Crippen LogP contribution < -0.4 is 5.32 Å². The van der Waals surface area contributed by atoms with E-state index in [0.29, 0.717) is 5.56 Å². The maximum absolute atomic E-state index is 14.1. The van der Waals surface area contributed by atoms with E-state index in [9.17, 15) is 18.0 Å². The molecule has 0 aliphatic heterocycles. The lowest BCUT2D eigenvalue weighted by atomic mass is 10.00. The molecule has 1 amide bonds. The van der Waals surface area contributed by atoms with E-state index in [1.807, 2.05) is 0 Å². The molecule has 1 N–H and O–H groups in total. The molecule has 0 radical (unpaired) electrons. The molecule has 4 nitrogen and oxygen atoms in total. The first-order valence-electron chi connectivity index (χ1n) is 8.46. The lowest BCUT2D eigenvalue weighted by molar-refractivity contribution is -0.00925. The van der Waals surface area contributed by atoms with Gasteiger partial charge in [-0.15, -0.1) is 0 Å². The summed E-state index contributed by atoms with van der Waals surface area (Å²) in [6.07, 6.45) is 1.27. The van der Waals surface area contributed by atoms with E-state index in [-0.39, 0.29) is 29.9 Å². The van der Waals surface area contributed by atoms with Gasteiger partial charge in [0.2, 0.25) is 0 Å². The normalized spacial score (nSPS) is 11.4. The molecule has 0 saturated carbocycles. The van der Waals surface area contributed by atoms with Crippen LogP contribution in [0.15, 0.2) is 60.8 Å². The number of carbonyl (C=O) groups is 1. The van der Waals surface area contributed by atoms with Gasteiger partial charge in [-0.25, -0.2) is 13.2 Å². The number of hydrogen-bond acceptors (Lipinski definition) is 2. The van der Waals surface area contributed by atoms with Crippen LogP contribution in [0.25, 0.3) is 0 Å². The summed E-state index contributed by atoms with van der Waals surface area (Å²) in [6.45, 7) is 1.56. The Morgan fingerprint density at radius 2 is 1.81 bits per heavy atom. The van der Waals surface area contributed by atoms with Gasteiger partial charge in [0.05, 0.1) is 12.1 Å². The molecule has 0 spiro atoms. The van der Waals surface area contributed by atoms with Crippen LogP contribution in [0.4, 0.5) is 19.0 Å². The lowest BCUT2D eigenvalue weighted by Crippen LogP contribution is -2.16. The SMILES string of the molecule is CCC(F)(F)c1ccccc1Cn1ccc(NC(=O)c2ccccc2F)n1. The molecule has 1 heterocycles. The average molecular weight is 373 g/mol. The van der Waals surface area contributed by atoms with Crippen molar-refractivity contribution in [2.24, 2.45) is 0 Å². The van der Waals surface area contributed by atoms with Gasteiger partial charge in [-0.05, 0) is 17.7 Å². The average Bonchev–Trinajstić information content (AvgIpc) is 3.09. The van der Waals surface area contributed by atoms with Crippen molar-refractivity contribution < 1.29 is 18.0 Å². The summed E-state index contributed by atoms with van der Waals surface area (Å²) in [6, 6.07) is 13.4. The highest BCUT2D eigenvalue weighted by atomic mass is 19.3. The van der Waals surface area contributed by atoms with Crippen LogP contribution in [-0.2, 0) is 12.5 Å². The van der Waals surface area contributed by atoms with Crippen molar-refractivity contribution in [2.75, 3.05) is 5.32 Å². The third-order valence-electron chi connectivity index (χ3n) is 4.19. The summed E-state index contributed by atoms with van der Waals surface area (Å²) in [4.78, 5) is 12.1. The van der Waals surface area contributed by atoms with E-state index in [1.54, 1.807) is 30.5 Å². The molecule has 27 heavy (non-hydrogen) atoms. The zero-order valence-electron chi connectivity index (χ0n) is 14.6. The van der Waals surface area contributed by atoms with Crippen molar-refractivity contribution in [3.63, 3.8) is 0 Å². The quantitative estimate of drug-likeness (QED) is 0.673. The maximum atomic E-state index is 14.1. The summed E-state index contributed by atoms with van der Waals surface area (Å²) in [7, 11) is 0. The van der Waals surface area contributed by atoms with E-state index >= 15 is 0 Å². The summed E-state index contributed by atoms with van der Waals surface area (Å²) in [5, 5.41) is 6.67. The van der Waals surface area contributed by atoms with Crippen molar-refractivity contribution in [2.45, 2.75) is 25.8 Å². The molecular formula is C20H18F3N3O. The molecule has 7 heteroatoms. The fourth-order valence-corrected chi connectivity index (χ4v) is 2.73. The van der Waals surface area contributed by atoms with E-state index in [1.165, 1.54) is 41.9 Å². The van der Waals surface area contributed by atoms with Gasteiger partial charge >= 0.3 is 0 Å². The minimum atomic E-state index is -2.92. The lowest BCUT2D eigenvalue weighted by Gasteiger charge is -2.18. The Bertz CT molecular complexity index is 953. The molecule has 3 aromatic rings. The predicted molar refractivity (Wildman–Crippen MR) is 96.3 cm³/mol. The smallest absolute Gasteiger partial charge is 0.273 e. The first-order chi connectivity index (χ1) is 12.9. The van der Waals surface area contributed by atoms with Gasteiger partial charge in [-0.1, -0.05) is 43.3 Å². The topological polar surface area (TPSA) is 46.9 Å². The number of benzene rings is 2.